The lowest BCUT2D eigenvalue weighted by Gasteiger charge is -2.30. The first-order chi connectivity index (χ1) is 12.5. The van der Waals surface area contributed by atoms with Crippen molar-refractivity contribution in [3.63, 3.8) is 0 Å². The summed E-state index contributed by atoms with van der Waals surface area (Å²) < 4.78 is 13.2. The number of amides is 1. The van der Waals surface area contributed by atoms with Crippen LogP contribution in [-0.2, 0) is 0 Å². The summed E-state index contributed by atoms with van der Waals surface area (Å²) in [5, 5.41) is 3.32. The second-order valence-electron chi connectivity index (χ2n) is 7.01. The zero-order valence-electron chi connectivity index (χ0n) is 15.0. The Labute approximate surface area is 159 Å². The molecule has 26 heavy (non-hydrogen) atoms. The standard InChI is InChI=1S/C21H24ClFN2O/c1-15-4-3-10-25(14-15)11-9-24-21(26)17-6-2-5-16(12-17)19-8-7-18(23)13-20(19)22/h2,5-8,12-13,15H,3-4,9-11,14H2,1H3,(H,24,26)/t15-/m0/s1. The van der Waals surface area contributed by atoms with Gasteiger partial charge in [-0.2, -0.15) is 0 Å². The third-order valence-electron chi connectivity index (χ3n) is 4.82. The van der Waals surface area contributed by atoms with Gasteiger partial charge in [0.25, 0.3) is 5.91 Å². The molecule has 0 spiro atoms. The molecular weight excluding hydrogens is 351 g/mol. The summed E-state index contributed by atoms with van der Waals surface area (Å²) >= 11 is 6.13. The van der Waals surface area contributed by atoms with Crippen LogP contribution >= 0.6 is 11.6 Å². The van der Waals surface area contributed by atoms with E-state index in [1.807, 2.05) is 12.1 Å². The van der Waals surface area contributed by atoms with Crippen LogP contribution in [0.1, 0.15) is 30.1 Å². The number of carbonyl (C=O) groups excluding carboxylic acids is 1. The summed E-state index contributed by atoms with van der Waals surface area (Å²) in [4.78, 5) is 14.9. The molecule has 0 aromatic heterocycles. The summed E-state index contributed by atoms with van der Waals surface area (Å²) in [5.41, 5.74) is 2.09. The van der Waals surface area contributed by atoms with Gasteiger partial charge in [0.05, 0.1) is 5.02 Å². The van der Waals surface area contributed by atoms with Crippen LogP contribution in [0.5, 0.6) is 0 Å². The van der Waals surface area contributed by atoms with Crippen LogP contribution in [-0.4, -0.2) is 37.0 Å². The molecule has 1 N–H and O–H groups in total. The normalized spacial score (nSPS) is 17.9. The Bertz CT molecular complexity index is 780. The van der Waals surface area contributed by atoms with Crippen LogP contribution in [0.25, 0.3) is 11.1 Å². The largest absolute Gasteiger partial charge is 0.351 e. The highest BCUT2D eigenvalue weighted by molar-refractivity contribution is 6.33. The Hall–Kier alpha value is -1.91. The van der Waals surface area contributed by atoms with E-state index in [1.165, 1.54) is 25.0 Å². The zero-order valence-corrected chi connectivity index (χ0v) is 15.7. The van der Waals surface area contributed by atoms with Gasteiger partial charge in [-0.1, -0.05) is 30.7 Å². The maximum Gasteiger partial charge on any atom is 0.251 e. The molecular formula is C21H24ClFN2O. The van der Waals surface area contributed by atoms with Gasteiger partial charge in [-0.05, 0) is 61.2 Å². The molecule has 2 aromatic carbocycles. The van der Waals surface area contributed by atoms with Crippen molar-refractivity contribution in [2.75, 3.05) is 26.2 Å². The van der Waals surface area contributed by atoms with Gasteiger partial charge in [0.15, 0.2) is 0 Å². The van der Waals surface area contributed by atoms with E-state index in [0.717, 1.165) is 31.1 Å². The number of likely N-dealkylation sites (tertiary alicyclic amines) is 1. The summed E-state index contributed by atoms with van der Waals surface area (Å²) in [5.74, 6) is 0.256. The second-order valence-corrected chi connectivity index (χ2v) is 7.42. The first kappa shape index (κ1) is 18.9. The van der Waals surface area contributed by atoms with Crippen LogP contribution in [0.4, 0.5) is 4.39 Å². The first-order valence-corrected chi connectivity index (χ1v) is 9.47. The molecule has 0 aliphatic carbocycles. The highest BCUT2D eigenvalue weighted by atomic mass is 35.5. The summed E-state index contributed by atoms with van der Waals surface area (Å²) in [7, 11) is 0. The minimum absolute atomic E-state index is 0.102. The fourth-order valence-corrected chi connectivity index (χ4v) is 3.75. The van der Waals surface area contributed by atoms with Crippen LogP contribution in [0.3, 0.4) is 0 Å². The molecule has 0 saturated carbocycles. The van der Waals surface area contributed by atoms with Crippen LogP contribution in [0.2, 0.25) is 5.02 Å². The van der Waals surface area contributed by atoms with Gasteiger partial charge in [-0.3, -0.25) is 4.79 Å². The molecule has 1 amide bonds. The van der Waals surface area contributed by atoms with Crippen molar-refractivity contribution in [3.8, 4) is 11.1 Å². The Morgan fingerprint density at radius 1 is 1.31 bits per heavy atom. The van der Waals surface area contributed by atoms with Gasteiger partial charge in [0, 0.05) is 30.8 Å². The van der Waals surface area contributed by atoms with Crippen molar-refractivity contribution in [1.82, 2.24) is 10.2 Å². The van der Waals surface area contributed by atoms with Crippen molar-refractivity contribution in [2.24, 2.45) is 5.92 Å². The van der Waals surface area contributed by atoms with E-state index >= 15 is 0 Å². The highest BCUT2D eigenvalue weighted by Crippen LogP contribution is 2.29. The molecule has 0 radical (unpaired) electrons. The molecule has 1 atom stereocenters. The minimum Gasteiger partial charge on any atom is -0.351 e. The van der Waals surface area contributed by atoms with Gasteiger partial charge in [0.1, 0.15) is 5.82 Å². The number of benzene rings is 2. The third kappa shape index (κ3) is 4.83. The quantitative estimate of drug-likeness (QED) is 0.829. The zero-order chi connectivity index (χ0) is 18.5. The highest BCUT2D eigenvalue weighted by Gasteiger charge is 2.16. The predicted octanol–water partition coefficient (Wildman–Crippen LogP) is 4.61. The van der Waals surface area contributed by atoms with Gasteiger partial charge in [0.2, 0.25) is 0 Å². The third-order valence-corrected chi connectivity index (χ3v) is 5.13. The molecule has 138 valence electrons. The van der Waals surface area contributed by atoms with Gasteiger partial charge < -0.3 is 10.2 Å². The Morgan fingerprint density at radius 3 is 2.92 bits per heavy atom. The molecule has 3 rings (SSSR count). The maximum absolute atomic E-state index is 13.2. The van der Waals surface area contributed by atoms with Crippen molar-refractivity contribution in [3.05, 3.63) is 58.9 Å². The van der Waals surface area contributed by atoms with Gasteiger partial charge >= 0.3 is 0 Å². The number of hydrogen-bond acceptors (Lipinski definition) is 2. The summed E-state index contributed by atoms with van der Waals surface area (Å²) in [6, 6.07) is 11.5. The average molecular weight is 375 g/mol. The molecule has 0 bridgehead atoms. The topological polar surface area (TPSA) is 32.3 Å². The van der Waals surface area contributed by atoms with E-state index in [9.17, 15) is 9.18 Å². The van der Waals surface area contributed by atoms with E-state index in [-0.39, 0.29) is 11.7 Å². The molecule has 2 aromatic rings. The number of carbonyl (C=O) groups is 1. The Balaban J connectivity index is 1.61. The van der Waals surface area contributed by atoms with Crippen LogP contribution in [0, 0.1) is 11.7 Å². The van der Waals surface area contributed by atoms with Crippen molar-refractivity contribution in [2.45, 2.75) is 19.8 Å². The van der Waals surface area contributed by atoms with Crippen LogP contribution < -0.4 is 5.32 Å². The molecule has 1 fully saturated rings. The van der Waals surface area contributed by atoms with Crippen LogP contribution in [0.15, 0.2) is 42.5 Å². The molecule has 1 saturated heterocycles. The monoisotopic (exact) mass is 374 g/mol. The number of halogens is 2. The lowest BCUT2D eigenvalue weighted by atomic mass is 10.0. The SMILES string of the molecule is C[C@H]1CCCN(CCNC(=O)c2cccc(-c3ccc(F)cc3Cl)c2)C1. The van der Waals surface area contributed by atoms with Crippen molar-refractivity contribution < 1.29 is 9.18 Å². The van der Waals surface area contributed by atoms with Crippen molar-refractivity contribution in [1.29, 1.82) is 0 Å². The fraction of sp³-hybridized carbons (Fsp3) is 0.381. The van der Waals surface area contributed by atoms with E-state index in [0.29, 0.717) is 22.7 Å². The number of nitrogens with one attached hydrogen (secondary N) is 1. The Morgan fingerprint density at radius 2 is 2.15 bits per heavy atom. The smallest absolute Gasteiger partial charge is 0.251 e. The molecule has 5 heteroatoms. The molecule has 1 heterocycles. The fourth-order valence-electron chi connectivity index (χ4n) is 3.47. The first-order valence-electron chi connectivity index (χ1n) is 9.09. The molecule has 0 unspecified atom stereocenters. The predicted molar refractivity (Wildman–Crippen MR) is 104 cm³/mol. The van der Waals surface area contributed by atoms with E-state index in [1.54, 1.807) is 18.2 Å². The number of hydrogen-bond donors (Lipinski definition) is 1. The average Bonchev–Trinajstić information content (AvgIpc) is 2.62. The summed E-state index contributed by atoms with van der Waals surface area (Å²) in [6.07, 6.45) is 2.52. The van der Waals surface area contributed by atoms with E-state index in [4.69, 9.17) is 11.6 Å². The number of piperidine rings is 1. The lowest BCUT2D eigenvalue weighted by molar-refractivity contribution is 0.0944. The molecule has 1 aliphatic heterocycles. The Kier molecular flexibility index (Phi) is 6.28. The minimum atomic E-state index is -0.375. The number of rotatable bonds is 5. The van der Waals surface area contributed by atoms with E-state index < -0.39 is 0 Å². The summed E-state index contributed by atoms with van der Waals surface area (Å²) in [6.45, 7) is 6.00. The van der Waals surface area contributed by atoms with Crippen molar-refractivity contribution >= 4 is 17.5 Å². The van der Waals surface area contributed by atoms with Gasteiger partial charge in [-0.15, -0.1) is 0 Å². The number of nitrogens with zero attached hydrogens (tertiary/aromatic N) is 1. The second kappa shape index (κ2) is 8.65. The molecule has 3 nitrogen and oxygen atoms in total. The van der Waals surface area contributed by atoms with E-state index in [2.05, 4.69) is 17.1 Å². The molecule has 1 aliphatic rings. The lowest BCUT2D eigenvalue weighted by Crippen LogP contribution is -2.40. The van der Waals surface area contributed by atoms with Gasteiger partial charge in [-0.25, -0.2) is 4.39 Å². The maximum atomic E-state index is 13.2.